The molecular formula is C9H10N2O3. The minimum atomic E-state index is -1.08. The van der Waals surface area contributed by atoms with E-state index in [2.05, 4.69) is 4.98 Å². The Labute approximate surface area is 80.5 Å². The van der Waals surface area contributed by atoms with Gasteiger partial charge in [0.25, 0.3) is 0 Å². The lowest BCUT2D eigenvalue weighted by Crippen LogP contribution is -2.08. The van der Waals surface area contributed by atoms with Crippen LogP contribution in [0.15, 0.2) is 6.20 Å². The normalized spacial score (nSPS) is 19.4. The van der Waals surface area contributed by atoms with Crippen molar-refractivity contribution in [2.75, 3.05) is 0 Å². The van der Waals surface area contributed by atoms with Gasteiger partial charge in [-0.25, -0.2) is 0 Å². The van der Waals surface area contributed by atoms with Crippen molar-refractivity contribution >= 4 is 5.90 Å². The monoisotopic (exact) mass is 194 g/mol. The fraction of sp³-hybridized carbons (Fsp3) is 0.333. The number of aliphatic hydroxyl groups is 2. The van der Waals surface area contributed by atoms with Gasteiger partial charge in [-0.3, -0.25) is 10.4 Å². The molecule has 0 radical (unpaired) electrons. The van der Waals surface area contributed by atoms with E-state index in [-0.39, 0.29) is 12.5 Å². The quantitative estimate of drug-likeness (QED) is 0.599. The topological polar surface area (TPSA) is 86.4 Å². The van der Waals surface area contributed by atoms with Crippen LogP contribution in [-0.4, -0.2) is 21.1 Å². The number of nitrogens with one attached hydrogen (secondary N) is 1. The zero-order valence-electron chi connectivity index (χ0n) is 7.61. The number of hydrogen-bond donors (Lipinski definition) is 3. The van der Waals surface area contributed by atoms with Crippen LogP contribution in [0.25, 0.3) is 0 Å². The van der Waals surface area contributed by atoms with Crippen LogP contribution < -0.4 is 4.74 Å². The third kappa shape index (κ3) is 1.10. The summed E-state index contributed by atoms with van der Waals surface area (Å²) in [5, 5.41) is 25.9. The average molecular weight is 194 g/mol. The highest BCUT2D eigenvalue weighted by molar-refractivity contribution is 5.87. The number of hydrogen-bond acceptors (Lipinski definition) is 5. The van der Waals surface area contributed by atoms with Gasteiger partial charge in [-0.2, -0.15) is 0 Å². The molecule has 1 unspecified atom stereocenters. The summed E-state index contributed by atoms with van der Waals surface area (Å²) in [6.07, 6.45) is 0.410. The zero-order chi connectivity index (χ0) is 10.3. The van der Waals surface area contributed by atoms with Gasteiger partial charge in [0.05, 0.1) is 12.3 Å². The van der Waals surface area contributed by atoms with Crippen LogP contribution in [0.2, 0.25) is 0 Å². The van der Waals surface area contributed by atoms with E-state index in [9.17, 15) is 5.11 Å². The largest absolute Gasteiger partial charge is 0.438 e. The summed E-state index contributed by atoms with van der Waals surface area (Å²) in [5.41, 5.74) is 1.57. The van der Waals surface area contributed by atoms with E-state index in [1.807, 2.05) is 0 Å². The highest BCUT2D eigenvalue weighted by Gasteiger charge is 2.32. The minimum absolute atomic E-state index is 0.217. The predicted molar refractivity (Wildman–Crippen MR) is 48.2 cm³/mol. The van der Waals surface area contributed by atoms with Crippen molar-refractivity contribution in [2.45, 2.75) is 19.6 Å². The second kappa shape index (κ2) is 3.04. The Balaban J connectivity index is 2.64. The molecule has 1 aromatic rings. The van der Waals surface area contributed by atoms with Crippen LogP contribution >= 0.6 is 0 Å². The Morgan fingerprint density at radius 3 is 3.00 bits per heavy atom. The predicted octanol–water partition coefficient (Wildman–Crippen LogP) is 0.285. The number of rotatable bonds is 1. The van der Waals surface area contributed by atoms with Gasteiger partial charge in [0.15, 0.2) is 11.9 Å². The van der Waals surface area contributed by atoms with Crippen molar-refractivity contribution in [1.29, 1.82) is 5.41 Å². The zero-order valence-corrected chi connectivity index (χ0v) is 7.61. The maximum Gasteiger partial charge on any atom is 0.221 e. The third-order valence-corrected chi connectivity index (χ3v) is 2.24. The second-order valence-corrected chi connectivity index (χ2v) is 3.14. The number of aromatic nitrogens is 1. The highest BCUT2D eigenvalue weighted by Crippen LogP contribution is 2.37. The number of nitrogens with zero attached hydrogens (tertiary/aromatic N) is 1. The van der Waals surface area contributed by atoms with Crippen LogP contribution in [0.3, 0.4) is 0 Å². The first-order valence-electron chi connectivity index (χ1n) is 4.18. The molecule has 2 rings (SSSR count). The maximum absolute atomic E-state index is 9.60. The van der Waals surface area contributed by atoms with Crippen LogP contribution in [0.1, 0.15) is 22.9 Å². The Morgan fingerprint density at radius 1 is 1.64 bits per heavy atom. The second-order valence-electron chi connectivity index (χ2n) is 3.14. The molecule has 0 fully saturated rings. The molecule has 0 saturated carbocycles. The minimum Gasteiger partial charge on any atom is -0.438 e. The van der Waals surface area contributed by atoms with Crippen molar-refractivity contribution in [2.24, 2.45) is 0 Å². The number of aliphatic hydroxyl groups excluding tert-OH is 2. The number of pyridine rings is 1. The number of fused-ring (bicyclic) bond motifs is 1. The summed E-state index contributed by atoms with van der Waals surface area (Å²) in [4.78, 5) is 4.00. The fourth-order valence-corrected chi connectivity index (χ4v) is 1.50. The van der Waals surface area contributed by atoms with Crippen LogP contribution in [-0.2, 0) is 6.61 Å². The highest BCUT2D eigenvalue weighted by atomic mass is 16.5. The van der Waals surface area contributed by atoms with Gasteiger partial charge in [0.2, 0.25) is 5.90 Å². The van der Waals surface area contributed by atoms with Crippen molar-refractivity contribution in [1.82, 2.24) is 4.98 Å². The number of aryl methyl sites for hydroxylation is 1. The molecule has 1 aromatic heterocycles. The van der Waals surface area contributed by atoms with Gasteiger partial charge < -0.3 is 14.9 Å². The molecule has 5 nitrogen and oxygen atoms in total. The van der Waals surface area contributed by atoms with Gasteiger partial charge >= 0.3 is 0 Å². The molecule has 2 heterocycles. The molecule has 0 bridgehead atoms. The van der Waals surface area contributed by atoms with E-state index in [1.54, 1.807) is 6.92 Å². The first kappa shape index (κ1) is 9.11. The summed E-state index contributed by atoms with van der Waals surface area (Å²) in [6, 6.07) is 0. The Hall–Kier alpha value is -1.46. The number of ether oxygens (including phenoxy) is 1. The van der Waals surface area contributed by atoms with E-state index in [0.29, 0.717) is 22.6 Å². The molecule has 1 atom stereocenters. The standard InChI is InChI=1S/C9H10N2O3/c1-4-8-6(5(3-12)2-11-4)7(13)9(10)14-8/h2,7,10,12-13H,3H2,1H3. The molecule has 0 aliphatic carbocycles. The maximum atomic E-state index is 9.60. The molecule has 74 valence electrons. The lowest BCUT2D eigenvalue weighted by molar-refractivity contribution is 0.233. The molecule has 1 aliphatic heterocycles. The molecule has 5 heteroatoms. The molecule has 3 N–H and O–H groups in total. The first-order chi connectivity index (χ1) is 6.65. The summed E-state index contributed by atoms with van der Waals surface area (Å²) in [5.74, 6) is 0.180. The molecule has 0 saturated heterocycles. The van der Waals surface area contributed by atoms with Gasteiger partial charge in [-0.15, -0.1) is 0 Å². The Bertz CT molecular complexity index is 403. The lowest BCUT2D eigenvalue weighted by Gasteiger charge is -2.06. The molecule has 1 aliphatic rings. The summed E-state index contributed by atoms with van der Waals surface area (Å²) >= 11 is 0. The van der Waals surface area contributed by atoms with Gasteiger partial charge in [0, 0.05) is 17.3 Å². The molecule has 0 amide bonds. The summed E-state index contributed by atoms with van der Waals surface area (Å²) < 4.78 is 5.05. The molecule has 0 spiro atoms. The third-order valence-electron chi connectivity index (χ3n) is 2.24. The van der Waals surface area contributed by atoms with E-state index in [1.165, 1.54) is 6.20 Å². The molecule has 14 heavy (non-hydrogen) atoms. The fourth-order valence-electron chi connectivity index (χ4n) is 1.50. The van der Waals surface area contributed by atoms with Crippen LogP contribution in [0.4, 0.5) is 0 Å². The van der Waals surface area contributed by atoms with E-state index >= 15 is 0 Å². The van der Waals surface area contributed by atoms with E-state index in [0.717, 1.165) is 0 Å². The molecule has 0 aromatic carbocycles. The Morgan fingerprint density at radius 2 is 2.36 bits per heavy atom. The smallest absolute Gasteiger partial charge is 0.221 e. The van der Waals surface area contributed by atoms with Crippen molar-refractivity contribution in [3.05, 3.63) is 23.0 Å². The van der Waals surface area contributed by atoms with Gasteiger partial charge in [-0.05, 0) is 6.92 Å². The summed E-state index contributed by atoms with van der Waals surface area (Å²) in [6.45, 7) is 1.51. The van der Waals surface area contributed by atoms with Crippen molar-refractivity contribution in [3.63, 3.8) is 0 Å². The molecular weight excluding hydrogens is 184 g/mol. The van der Waals surface area contributed by atoms with Crippen molar-refractivity contribution in [3.8, 4) is 5.75 Å². The lowest BCUT2D eigenvalue weighted by atomic mass is 10.0. The summed E-state index contributed by atoms with van der Waals surface area (Å²) in [7, 11) is 0. The first-order valence-corrected chi connectivity index (χ1v) is 4.18. The van der Waals surface area contributed by atoms with Gasteiger partial charge in [-0.1, -0.05) is 0 Å². The Kier molecular flexibility index (Phi) is 1.98. The van der Waals surface area contributed by atoms with Crippen LogP contribution in [0, 0.1) is 12.3 Å². The van der Waals surface area contributed by atoms with Crippen LogP contribution in [0.5, 0.6) is 5.75 Å². The van der Waals surface area contributed by atoms with E-state index < -0.39 is 6.10 Å². The van der Waals surface area contributed by atoms with Gasteiger partial charge in [0.1, 0.15) is 0 Å². The average Bonchev–Trinajstić information content (AvgIpc) is 2.47. The van der Waals surface area contributed by atoms with Crippen molar-refractivity contribution < 1.29 is 14.9 Å². The van der Waals surface area contributed by atoms with E-state index in [4.69, 9.17) is 15.3 Å². The SMILES string of the molecule is Cc1ncc(CO)c2c1OC(=N)C2O.